The van der Waals surface area contributed by atoms with Crippen molar-refractivity contribution in [1.29, 1.82) is 0 Å². The van der Waals surface area contributed by atoms with E-state index in [2.05, 4.69) is 29.1 Å². The molecule has 0 spiro atoms. The second kappa shape index (κ2) is 7.94. The van der Waals surface area contributed by atoms with Gasteiger partial charge in [0.05, 0.1) is 0 Å². The summed E-state index contributed by atoms with van der Waals surface area (Å²) in [6, 6.07) is 2.06. The van der Waals surface area contributed by atoms with E-state index in [1.165, 1.54) is 0 Å². The molecule has 5 heteroatoms. The third-order valence-corrected chi connectivity index (χ3v) is 3.27. The number of ketones is 1. The zero-order valence-electron chi connectivity index (χ0n) is 13.0. The van der Waals surface area contributed by atoms with Gasteiger partial charge in [-0.3, -0.25) is 4.79 Å². The molecule has 1 heterocycles. The summed E-state index contributed by atoms with van der Waals surface area (Å²) in [4.78, 5) is 20.4. The Hall–Kier alpha value is -1.49. The number of ether oxygens (including phenoxy) is 1. The zero-order valence-corrected chi connectivity index (χ0v) is 13.0. The van der Waals surface area contributed by atoms with Gasteiger partial charge in [-0.2, -0.15) is 0 Å². The number of carbonyl (C=O) groups is 1. The van der Waals surface area contributed by atoms with Crippen LogP contribution < -0.4 is 5.32 Å². The highest BCUT2D eigenvalue weighted by Crippen LogP contribution is 2.13. The Bertz CT molecular complexity index is 435. The number of rotatable bonds is 8. The lowest BCUT2D eigenvalue weighted by Gasteiger charge is -2.15. The molecule has 0 fully saturated rings. The molecule has 0 aliphatic carbocycles. The molecule has 0 radical (unpaired) electrons. The van der Waals surface area contributed by atoms with Gasteiger partial charge in [-0.15, -0.1) is 0 Å². The number of hydrogen-bond acceptors (Lipinski definition) is 5. The van der Waals surface area contributed by atoms with E-state index in [4.69, 9.17) is 4.74 Å². The molecule has 0 unspecified atom stereocenters. The number of carbonyl (C=O) groups excluding carboxylic acids is 1. The first-order valence-electron chi connectivity index (χ1n) is 7.09. The molecular weight excluding hydrogens is 254 g/mol. The van der Waals surface area contributed by atoms with Gasteiger partial charge in [0.15, 0.2) is 5.78 Å². The van der Waals surface area contributed by atoms with Gasteiger partial charge < -0.3 is 10.1 Å². The third-order valence-electron chi connectivity index (χ3n) is 3.27. The number of nitrogens with one attached hydrogen (secondary N) is 1. The standard InChI is InChI=1S/C15H25N3O2/c1-10(2)13-8-9-16-15(18-13)17-11(3)6-7-14(19)12(4)20-5/h8-12H,6-7H2,1-5H3,(H,16,17,18)/t11-,12+/m1/s1. The summed E-state index contributed by atoms with van der Waals surface area (Å²) < 4.78 is 5.01. The maximum atomic E-state index is 11.7. The van der Waals surface area contributed by atoms with Crippen LogP contribution in [0.25, 0.3) is 0 Å². The quantitative estimate of drug-likeness (QED) is 0.792. The van der Waals surface area contributed by atoms with Crippen LogP contribution in [0.1, 0.15) is 52.1 Å². The van der Waals surface area contributed by atoms with Crippen molar-refractivity contribution in [3.63, 3.8) is 0 Å². The molecule has 20 heavy (non-hydrogen) atoms. The molecule has 1 rings (SSSR count). The molecule has 0 aromatic carbocycles. The molecule has 112 valence electrons. The number of Topliss-reactive ketones (excluding diaryl/α,β-unsaturated/α-hetero) is 1. The van der Waals surface area contributed by atoms with E-state index in [9.17, 15) is 4.79 Å². The van der Waals surface area contributed by atoms with Gasteiger partial charge in [-0.25, -0.2) is 9.97 Å². The number of aromatic nitrogens is 2. The van der Waals surface area contributed by atoms with E-state index in [1.54, 1.807) is 20.2 Å². The van der Waals surface area contributed by atoms with Crippen LogP contribution in [0.15, 0.2) is 12.3 Å². The average molecular weight is 279 g/mol. The van der Waals surface area contributed by atoms with Crippen molar-refractivity contribution >= 4 is 11.7 Å². The second-order valence-electron chi connectivity index (χ2n) is 5.39. The minimum atomic E-state index is -0.331. The lowest BCUT2D eigenvalue weighted by atomic mass is 10.1. The molecule has 0 amide bonds. The molecule has 0 saturated heterocycles. The van der Waals surface area contributed by atoms with Gasteiger partial charge in [-0.05, 0) is 32.3 Å². The first-order chi connectivity index (χ1) is 9.43. The van der Waals surface area contributed by atoms with Gasteiger partial charge >= 0.3 is 0 Å². The highest BCUT2D eigenvalue weighted by molar-refractivity contribution is 5.82. The Morgan fingerprint density at radius 1 is 1.35 bits per heavy atom. The smallest absolute Gasteiger partial charge is 0.223 e. The lowest BCUT2D eigenvalue weighted by Crippen LogP contribution is -2.23. The van der Waals surface area contributed by atoms with E-state index in [-0.39, 0.29) is 17.9 Å². The largest absolute Gasteiger partial charge is 0.374 e. The SMILES string of the molecule is CO[C@@H](C)C(=O)CC[C@@H](C)Nc1nccc(C(C)C)n1. The Kier molecular flexibility index (Phi) is 6.58. The first kappa shape index (κ1) is 16.6. The van der Waals surface area contributed by atoms with Gasteiger partial charge in [0.25, 0.3) is 0 Å². The van der Waals surface area contributed by atoms with Gasteiger partial charge in [-0.1, -0.05) is 13.8 Å². The summed E-state index contributed by atoms with van der Waals surface area (Å²) in [5.41, 5.74) is 1.01. The highest BCUT2D eigenvalue weighted by atomic mass is 16.5. The van der Waals surface area contributed by atoms with Crippen LogP contribution in [0, 0.1) is 0 Å². The van der Waals surface area contributed by atoms with Crippen LogP contribution in [-0.4, -0.2) is 35.0 Å². The van der Waals surface area contributed by atoms with Crippen LogP contribution in [0.3, 0.4) is 0 Å². The minimum Gasteiger partial charge on any atom is -0.374 e. The molecular formula is C15H25N3O2. The Labute approximate surface area is 121 Å². The topological polar surface area (TPSA) is 64.1 Å². The molecule has 0 saturated carbocycles. The van der Waals surface area contributed by atoms with Crippen molar-refractivity contribution in [2.24, 2.45) is 0 Å². The summed E-state index contributed by atoms with van der Waals surface area (Å²) in [6.45, 7) is 7.99. The molecule has 0 aliphatic rings. The van der Waals surface area contributed by atoms with E-state index >= 15 is 0 Å². The fourth-order valence-electron chi connectivity index (χ4n) is 1.75. The van der Waals surface area contributed by atoms with Crippen LogP contribution in [0.5, 0.6) is 0 Å². The fourth-order valence-corrected chi connectivity index (χ4v) is 1.75. The average Bonchev–Trinajstić information content (AvgIpc) is 2.44. The number of methoxy groups -OCH3 is 1. The van der Waals surface area contributed by atoms with Crippen LogP contribution in [-0.2, 0) is 9.53 Å². The Morgan fingerprint density at radius 3 is 2.65 bits per heavy atom. The van der Waals surface area contributed by atoms with Gasteiger partial charge in [0.1, 0.15) is 6.10 Å². The van der Waals surface area contributed by atoms with Crippen molar-refractivity contribution in [3.05, 3.63) is 18.0 Å². The number of nitrogens with zero attached hydrogens (tertiary/aromatic N) is 2. The summed E-state index contributed by atoms with van der Waals surface area (Å²) >= 11 is 0. The van der Waals surface area contributed by atoms with Crippen LogP contribution >= 0.6 is 0 Å². The molecule has 0 bridgehead atoms. The van der Waals surface area contributed by atoms with Crippen LogP contribution in [0.2, 0.25) is 0 Å². The first-order valence-corrected chi connectivity index (χ1v) is 7.09. The minimum absolute atomic E-state index is 0.123. The summed E-state index contributed by atoms with van der Waals surface area (Å²) in [5.74, 6) is 1.12. The maximum Gasteiger partial charge on any atom is 0.223 e. The summed E-state index contributed by atoms with van der Waals surface area (Å²) in [7, 11) is 1.55. The van der Waals surface area contributed by atoms with Crippen molar-refractivity contribution in [3.8, 4) is 0 Å². The summed E-state index contributed by atoms with van der Waals surface area (Å²) in [6.07, 6.45) is 2.66. The lowest BCUT2D eigenvalue weighted by molar-refractivity contribution is -0.127. The van der Waals surface area contributed by atoms with Crippen molar-refractivity contribution < 1.29 is 9.53 Å². The predicted molar refractivity (Wildman–Crippen MR) is 79.9 cm³/mol. The number of hydrogen-bond donors (Lipinski definition) is 1. The molecule has 5 nitrogen and oxygen atoms in total. The van der Waals surface area contributed by atoms with Crippen molar-refractivity contribution in [2.45, 2.75) is 58.6 Å². The molecule has 1 aromatic heterocycles. The van der Waals surface area contributed by atoms with E-state index < -0.39 is 0 Å². The monoisotopic (exact) mass is 279 g/mol. The van der Waals surface area contributed by atoms with E-state index in [1.807, 2.05) is 13.0 Å². The summed E-state index contributed by atoms with van der Waals surface area (Å²) in [5, 5.41) is 3.23. The molecule has 1 N–H and O–H groups in total. The normalized spacial score (nSPS) is 14.1. The van der Waals surface area contributed by atoms with Gasteiger partial charge in [0, 0.05) is 31.5 Å². The van der Waals surface area contributed by atoms with E-state index in [0.717, 1.165) is 12.1 Å². The Balaban J connectivity index is 2.48. The number of anilines is 1. The Morgan fingerprint density at radius 2 is 2.05 bits per heavy atom. The highest BCUT2D eigenvalue weighted by Gasteiger charge is 2.14. The zero-order chi connectivity index (χ0) is 15.1. The third kappa shape index (κ3) is 5.25. The molecule has 1 aromatic rings. The molecule has 0 aliphatic heterocycles. The second-order valence-corrected chi connectivity index (χ2v) is 5.39. The maximum absolute atomic E-state index is 11.7. The van der Waals surface area contributed by atoms with Crippen molar-refractivity contribution in [1.82, 2.24) is 9.97 Å². The fraction of sp³-hybridized carbons (Fsp3) is 0.667. The van der Waals surface area contributed by atoms with Gasteiger partial charge in [0.2, 0.25) is 5.95 Å². The predicted octanol–water partition coefficient (Wildman–Crippen LogP) is 2.78. The molecule has 2 atom stereocenters. The van der Waals surface area contributed by atoms with Crippen LogP contribution in [0.4, 0.5) is 5.95 Å². The van der Waals surface area contributed by atoms with E-state index in [0.29, 0.717) is 18.3 Å². The van der Waals surface area contributed by atoms with Crippen molar-refractivity contribution in [2.75, 3.05) is 12.4 Å².